The zero-order valence-corrected chi connectivity index (χ0v) is 15.2. The summed E-state index contributed by atoms with van der Waals surface area (Å²) < 4.78 is 0. The van der Waals surface area contributed by atoms with Gasteiger partial charge in [-0.3, -0.25) is 4.79 Å². The van der Waals surface area contributed by atoms with Crippen LogP contribution in [0.2, 0.25) is 0 Å². The molecule has 1 aliphatic rings. The molecule has 0 unspecified atom stereocenters. The number of aromatic nitrogens is 1. The minimum Gasteiger partial charge on any atom is -0.508 e. The first-order valence-electron chi connectivity index (χ1n) is 9.03. The average Bonchev–Trinajstić information content (AvgIpc) is 2.73. The third-order valence-electron chi connectivity index (χ3n) is 4.88. The molecule has 5 nitrogen and oxygen atoms in total. The van der Waals surface area contributed by atoms with Gasteiger partial charge < -0.3 is 14.9 Å². The fraction of sp³-hybridized carbons (Fsp3) is 0.182. The third-order valence-corrected chi connectivity index (χ3v) is 4.88. The first kappa shape index (κ1) is 17.1. The standard InChI is InChI=1S/C22H21N3O2/c1-24(17-11-13-18(26)14-12-17)22(27)19-8-4-10-21(23-19)25-15-5-7-16-6-2-3-9-20(16)25/h2-4,6,8-14,26H,5,7,15H2,1H3. The Morgan fingerprint density at radius 1 is 1.04 bits per heavy atom. The lowest BCUT2D eigenvalue weighted by atomic mass is 10.0. The predicted molar refractivity (Wildman–Crippen MR) is 107 cm³/mol. The number of carbonyl (C=O) groups excluding carboxylic acids is 1. The van der Waals surface area contributed by atoms with Crippen molar-refractivity contribution in [2.45, 2.75) is 12.8 Å². The maximum atomic E-state index is 12.9. The summed E-state index contributed by atoms with van der Waals surface area (Å²) in [5.74, 6) is 0.767. The van der Waals surface area contributed by atoms with Crippen LogP contribution in [0.4, 0.5) is 17.2 Å². The van der Waals surface area contributed by atoms with Crippen LogP contribution in [0.3, 0.4) is 0 Å². The van der Waals surface area contributed by atoms with Crippen molar-refractivity contribution in [3.05, 3.63) is 78.0 Å². The van der Waals surface area contributed by atoms with Crippen LogP contribution < -0.4 is 9.80 Å². The number of hydrogen-bond donors (Lipinski definition) is 1. The van der Waals surface area contributed by atoms with Gasteiger partial charge in [0.15, 0.2) is 0 Å². The second kappa shape index (κ2) is 7.11. The van der Waals surface area contributed by atoms with Gasteiger partial charge in [0.2, 0.25) is 0 Å². The van der Waals surface area contributed by atoms with Crippen LogP contribution in [-0.2, 0) is 6.42 Å². The number of anilines is 3. The number of amides is 1. The molecule has 136 valence electrons. The highest BCUT2D eigenvalue weighted by Crippen LogP contribution is 2.32. The van der Waals surface area contributed by atoms with Crippen molar-refractivity contribution in [2.75, 3.05) is 23.4 Å². The number of phenolic OH excluding ortho intramolecular Hbond substituents is 1. The Kier molecular flexibility index (Phi) is 4.50. The van der Waals surface area contributed by atoms with E-state index in [1.165, 1.54) is 10.5 Å². The molecule has 0 spiro atoms. The third kappa shape index (κ3) is 3.36. The van der Waals surface area contributed by atoms with E-state index in [0.29, 0.717) is 11.4 Å². The monoisotopic (exact) mass is 359 g/mol. The van der Waals surface area contributed by atoms with Gasteiger partial charge in [-0.15, -0.1) is 0 Å². The Morgan fingerprint density at radius 3 is 2.63 bits per heavy atom. The Balaban J connectivity index is 1.63. The van der Waals surface area contributed by atoms with Gasteiger partial charge in [-0.2, -0.15) is 0 Å². The van der Waals surface area contributed by atoms with Crippen molar-refractivity contribution in [1.29, 1.82) is 0 Å². The number of rotatable bonds is 3. The Labute approximate surface area is 158 Å². The topological polar surface area (TPSA) is 56.7 Å². The fourth-order valence-electron chi connectivity index (χ4n) is 3.43. The summed E-state index contributed by atoms with van der Waals surface area (Å²) in [7, 11) is 1.71. The lowest BCUT2D eigenvalue weighted by Crippen LogP contribution is -2.29. The summed E-state index contributed by atoms with van der Waals surface area (Å²) in [5, 5.41) is 9.43. The van der Waals surface area contributed by atoms with Gasteiger partial charge in [-0.05, 0) is 60.9 Å². The number of aryl methyl sites for hydroxylation is 1. The predicted octanol–water partition coefficient (Wildman–Crippen LogP) is 4.15. The molecule has 1 aliphatic heterocycles. The first-order valence-corrected chi connectivity index (χ1v) is 9.03. The van der Waals surface area contributed by atoms with Gasteiger partial charge in [0, 0.05) is 25.0 Å². The second-order valence-electron chi connectivity index (χ2n) is 6.65. The van der Waals surface area contributed by atoms with E-state index in [2.05, 4.69) is 28.1 Å². The molecule has 0 radical (unpaired) electrons. The van der Waals surface area contributed by atoms with Crippen LogP contribution in [-0.4, -0.2) is 29.6 Å². The number of benzene rings is 2. The molecule has 0 aliphatic carbocycles. The maximum Gasteiger partial charge on any atom is 0.276 e. The van der Waals surface area contributed by atoms with Crippen LogP contribution in [0.15, 0.2) is 66.7 Å². The van der Waals surface area contributed by atoms with E-state index >= 15 is 0 Å². The molecule has 0 saturated heterocycles. The lowest BCUT2D eigenvalue weighted by molar-refractivity contribution is 0.0988. The SMILES string of the molecule is CN(C(=O)c1cccc(N2CCCc3ccccc32)n1)c1ccc(O)cc1. The summed E-state index contributed by atoms with van der Waals surface area (Å²) in [4.78, 5) is 21.3. The normalized spacial score (nSPS) is 13.1. The molecule has 0 atom stereocenters. The molecule has 3 aromatic rings. The van der Waals surface area contributed by atoms with Gasteiger partial charge in [0.05, 0.1) is 0 Å². The van der Waals surface area contributed by atoms with Crippen LogP contribution in [0.1, 0.15) is 22.5 Å². The van der Waals surface area contributed by atoms with Crippen molar-refractivity contribution in [3.8, 4) is 5.75 Å². The Morgan fingerprint density at radius 2 is 1.81 bits per heavy atom. The molecule has 1 amide bonds. The minimum absolute atomic E-state index is 0.170. The molecule has 1 aromatic heterocycles. The molecular weight excluding hydrogens is 338 g/mol. The number of phenols is 1. The van der Waals surface area contributed by atoms with Crippen LogP contribution in [0.5, 0.6) is 5.75 Å². The van der Waals surface area contributed by atoms with Crippen LogP contribution in [0, 0.1) is 0 Å². The largest absolute Gasteiger partial charge is 0.508 e. The summed E-state index contributed by atoms with van der Waals surface area (Å²) >= 11 is 0. The number of hydrogen-bond acceptors (Lipinski definition) is 4. The van der Waals surface area contributed by atoms with Gasteiger partial charge >= 0.3 is 0 Å². The first-order chi connectivity index (χ1) is 13.1. The van der Waals surface area contributed by atoms with Gasteiger partial charge in [-0.1, -0.05) is 24.3 Å². The van der Waals surface area contributed by atoms with E-state index in [1.54, 1.807) is 37.4 Å². The number of carbonyl (C=O) groups is 1. The molecule has 2 heterocycles. The van der Waals surface area contributed by atoms with E-state index in [-0.39, 0.29) is 11.7 Å². The molecule has 0 bridgehead atoms. The number of fused-ring (bicyclic) bond motifs is 1. The Bertz CT molecular complexity index is 969. The quantitative estimate of drug-likeness (QED) is 0.763. The molecule has 27 heavy (non-hydrogen) atoms. The van der Waals surface area contributed by atoms with Crippen LogP contribution >= 0.6 is 0 Å². The summed E-state index contributed by atoms with van der Waals surface area (Å²) in [6.07, 6.45) is 2.12. The van der Waals surface area contributed by atoms with Crippen molar-refractivity contribution in [3.63, 3.8) is 0 Å². The van der Waals surface area contributed by atoms with Crippen molar-refractivity contribution in [2.24, 2.45) is 0 Å². The van der Waals surface area contributed by atoms with E-state index in [9.17, 15) is 9.90 Å². The smallest absolute Gasteiger partial charge is 0.276 e. The zero-order chi connectivity index (χ0) is 18.8. The second-order valence-corrected chi connectivity index (χ2v) is 6.65. The summed E-state index contributed by atoms with van der Waals surface area (Å²) in [6.45, 7) is 0.884. The molecule has 4 rings (SSSR count). The molecule has 2 aromatic carbocycles. The summed E-state index contributed by atoms with van der Waals surface area (Å²) in [5.41, 5.74) is 3.57. The number of nitrogens with zero attached hydrogens (tertiary/aromatic N) is 3. The highest BCUT2D eigenvalue weighted by molar-refractivity contribution is 6.04. The highest BCUT2D eigenvalue weighted by Gasteiger charge is 2.21. The van der Waals surface area contributed by atoms with Gasteiger partial charge in [0.1, 0.15) is 17.3 Å². The van der Waals surface area contributed by atoms with Gasteiger partial charge in [-0.25, -0.2) is 4.98 Å². The number of aromatic hydroxyl groups is 1. The van der Waals surface area contributed by atoms with Crippen molar-refractivity contribution in [1.82, 2.24) is 4.98 Å². The van der Waals surface area contributed by atoms with Crippen molar-refractivity contribution < 1.29 is 9.90 Å². The number of para-hydroxylation sites is 1. The van der Waals surface area contributed by atoms with Crippen LogP contribution in [0.25, 0.3) is 0 Å². The van der Waals surface area contributed by atoms with E-state index < -0.39 is 0 Å². The Hall–Kier alpha value is -3.34. The lowest BCUT2D eigenvalue weighted by Gasteiger charge is -2.30. The molecule has 5 heteroatoms. The number of pyridine rings is 1. The highest BCUT2D eigenvalue weighted by atomic mass is 16.3. The molecule has 0 saturated carbocycles. The van der Waals surface area contributed by atoms with E-state index in [0.717, 1.165) is 30.9 Å². The van der Waals surface area contributed by atoms with E-state index in [4.69, 9.17) is 0 Å². The van der Waals surface area contributed by atoms with Crippen molar-refractivity contribution >= 4 is 23.1 Å². The van der Waals surface area contributed by atoms with E-state index in [1.807, 2.05) is 18.2 Å². The minimum atomic E-state index is -0.187. The fourth-order valence-corrected chi connectivity index (χ4v) is 3.43. The summed E-state index contributed by atoms with van der Waals surface area (Å²) in [6, 6.07) is 20.4. The molecular formula is C22H21N3O2. The zero-order valence-electron chi connectivity index (χ0n) is 15.2. The molecule has 0 fully saturated rings. The van der Waals surface area contributed by atoms with Gasteiger partial charge in [0.25, 0.3) is 5.91 Å². The molecule has 1 N–H and O–H groups in total. The maximum absolute atomic E-state index is 12.9. The average molecular weight is 359 g/mol.